The lowest BCUT2D eigenvalue weighted by Gasteiger charge is -2.36. The summed E-state index contributed by atoms with van der Waals surface area (Å²) in [6.07, 6.45) is 7.18. The summed E-state index contributed by atoms with van der Waals surface area (Å²) in [6.45, 7) is 6.11. The van der Waals surface area contributed by atoms with Gasteiger partial charge >= 0.3 is 0 Å². The topological polar surface area (TPSA) is 12.0 Å². The van der Waals surface area contributed by atoms with E-state index in [0.717, 1.165) is 23.1 Å². The molecule has 1 heterocycles. The second kappa shape index (κ2) is 5.58. The third-order valence-corrected chi connectivity index (χ3v) is 5.55. The number of rotatable bonds is 3. The monoisotopic (exact) mass is 227 g/mol. The molecule has 3 unspecified atom stereocenters. The normalized spacial score (nSPS) is 42.0. The second-order valence-electron chi connectivity index (χ2n) is 5.45. The maximum Gasteiger partial charge on any atom is 0.0172 e. The van der Waals surface area contributed by atoms with E-state index in [-0.39, 0.29) is 0 Å². The van der Waals surface area contributed by atoms with Gasteiger partial charge in [0.15, 0.2) is 0 Å². The maximum absolute atomic E-state index is 3.84. The predicted octanol–water partition coefficient (Wildman–Crippen LogP) is 3.30. The Labute approximate surface area is 98.8 Å². The molecule has 3 atom stereocenters. The lowest BCUT2D eigenvalue weighted by molar-refractivity contribution is 0.209. The maximum atomic E-state index is 3.84. The van der Waals surface area contributed by atoms with Crippen LogP contribution in [0, 0.1) is 11.8 Å². The minimum Gasteiger partial charge on any atom is -0.312 e. The van der Waals surface area contributed by atoms with Gasteiger partial charge in [0.25, 0.3) is 0 Å². The van der Waals surface area contributed by atoms with E-state index in [1.54, 1.807) is 0 Å². The van der Waals surface area contributed by atoms with Crippen molar-refractivity contribution >= 4 is 11.8 Å². The minimum atomic E-state index is 0.792. The fraction of sp³-hybridized carbons (Fsp3) is 1.00. The Hall–Kier alpha value is 0.310. The van der Waals surface area contributed by atoms with Crippen molar-refractivity contribution in [2.24, 2.45) is 11.8 Å². The molecule has 88 valence electrons. The van der Waals surface area contributed by atoms with Crippen LogP contribution >= 0.6 is 11.8 Å². The second-order valence-corrected chi connectivity index (χ2v) is 6.86. The Bertz CT molecular complexity index is 179. The average molecular weight is 227 g/mol. The molecule has 0 spiro atoms. The van der Waals surface area contributed by atoms with Crippen molar-refractivity contribution in [3.8, 4) is 0 Å². The molecule has 0 aromatic rings. The molecular formula is C13H25NS. The first kappa shape index (κ1) is 11.8. The van der Waals surface area contributed by atoms with Gasteiger partial charge in [0.1, 0.15) is 0 Å². The summed E-state index contributed by atoms with van der Waals surface area (Å²) in [7, 11) is 0. The van der Waals surface area contributed by atoms with E-state index in [2.05, 4.69) is 30.9 Å². The number of hydrogen-bond acceptors (Lipinski definition) is 2. The van der Waals surface area contributed by atoms with Gasteiger partial charge < -0.3 is 5.32 Å². The lowest BCUT2D eigenvalue weighted by Crippen LogP contribution is -2.44. The van der Waals surface area contributed by atoms with E-state index in [4.69, 9.17) is 0 Å². The standard InChI is InChI=1S/C13H25NS/c1-10-5-3-6-11(2)13(10)14-9-12-7-4-8-15-12/h10-14H,3-9H2,1-2H3. The zero-order valence-corrected chi connectivity index (χ0v) is 11.0. The molecule has 15 heavy (non-hydrogen) atoms. The van der Waals surface area contributed by atoms with Crippen LogP contribution < -0.4 is 5.32 Å². The van der Waals surface area contributed by atoms with E-state index < -0.39 is 0 Å². The quantitative estimate of drug-likeness (QED) is 0.794. The van der Waals surface area contributed by atoms with Gasteiger partial charge in [-0.25, -0.2) is 0 Å². The SMILES string of the molecule is CC1CCCC(C)C1NCC1CCCS1. The lowest BCUT2D eigenvalue weighted by atomic mass is 9.79. The zero-order valence-electron chi connectivity index (χ0n) is 10.2. The highest BCUT2D eigenvalue weighted by Crippen LogP contribution is 2.30. The van der Waals surface area contributed by atoms with Crippen molar-refractivity contribution in [3.05, 3.63) is 0 Å². The minimum absolute atomic E-state index is 0.792. The van der Waals surface area contributed by atoms with Gasteiger partial charge in [0.05, 0.1) is 0 Å². The van der Waals surface area contributed by atoms with Crippen LogP contribution in [0.15, 0.2) is 0 Å². The van der Waals surface area contributed by atoms with Crippen molar-refractivity contribution in [1.82, 2.24) is 5.32 Å². The summed E-state index contributed by atoms with van der Waals surface area (Å²) in [5.41, 5.74) is 0. The zero-order chi connectivity index (χ0) is 10.7. The molecule has 0 aromatic heterocycles. The molecule has 2 rings (SSSR count). The summed E-state index contributed by atoms with van der Waals surface area (Å²) in [5, 5.41) is 4.75. The van der Waals surface area contributed by atoms with Gasteiger partial charge in [-0.05, 0) is 43.3 Å². The third-order valence-electron chi connectivity index (χ3n) is 4.15. The molecule has 2 heteroatoms. The number of nitrogens with one attached hydrogen (secondary N) is 1. The third kappa shape index (κ3) is 3.13. The van der Waals surface area contributed by atoms with E-state index in [1.165, 1.54) is 44.4 Å². The summed E-state index contributed by atoms with van der Waals surface area (Å²) in [6, 6.07) is 0.792. The fourth-order valence-corrected chi connectivity index (χ4v) is 4.37. The molecule has 1 aliphatic carbocycles. The van der Waals surface area contributed by atoms with Crippen molar-refractivity contribution in [2.45, 2.75) is 57.2 Å². The van der Waals surface area contributed by atoms with Crippen molar-refractivity contribution in [3.63, 3.8) is 0 Å². The molecule has 0 radical (unpaired) electrons. The predicted molar refractivity (Wildman–Crippen MR) is 69.4 cm³/mol. The summed E-state index contributed by atoms with van der Waals surface area (Å²) in [5.74, 6) is 3.17. The highest BCUT2D eigenvalue weighted by Gasteiger charge is 2.28. The summed E-state index contributed by atoms with van der Waals surface area (Å²) < 4.78 is 0. The van der Waals surface area contributed by atoms with Crippen LogP contribution in [0.1, 0.15) is 46.0 Å². The van der Waals surface area contributed by atoms with E-state index in [9.17, 15) is 0 Å². The summed E-state index contributed by atoms with van der Waals surface area (Å²) in [4.78, 5) is 0. The van der Waals surface area contributed by atoms with Crippen LogP contribution in [0.5, 0.6) is 0 Å². The van der Waals surface area contributed by atoms with Gasteiger partial charge in [-0.3, -0.25) is 0 Å². The Morgan fingerprint density at radius 1 is 1.07 bits per heavy atom. The smallest absolute Gasteiger partial charge is 0.0172 e. The van der Waals surface area contributed by atoms with Crippen LogP contribution in [0.3, 0.4) is 0 Å². The van der Waals surface area contributed by atoms with Crippen molar-refractivity contribution in [1.29, 1.82) is 0 Å². The Balaban J connectivity index is 1.75. The van der Waals surface area contributed by atoms with Crippen LogP contribution in [-0.4, -0.2) is 23.6 Å². The van der Waals surface area contributed by atoms with Gasteiger partial charge in [-0.1, -0.05) is 20.3 Å². The van der Waals surface area contributed by atoms with Gasteiger partial charge in [0.2, 0.25) is 0 Å². The van der Waals surface area contributed by atoms with E-state index in [0.29, 0.717) is 0 Å². The Morgan fingerprint density at radius 2 is 1.80 bits per heavy atom. The molecule has 2 fully saturated rings. The molecule has 0 bridgehead atoms. The molecule has 2 aliphatic rings. The van der Waals surface area contributed by atoms with Gasteiger partial charge in [-0.2, -0.15) is 11.8 Å². The average Bonchev–Trinajstić information content (AvgIpc) is 2.70. The largest absolute Gasteiger partial charge is 0.312 e. The molecule has 1 saturated heterocycles. The Morgan fingerprint density at radius 3 is 2.40 bits per heavy atom. The van der Waals surface area contributed by atoms with Crippen LogP contribution in [0.2, 0.25) is 0 Å². The van der Waals surface area contributed by atoms with Crippen LogP contribution in [0.25, 0.3) is 0 Å². The molecule has 0 aromatic carbocycles. The molecular weight excluding hydrogens is 202 g/mol. The van der Waals surface area contributed by atoms with E-state index in [1.807, 2.05) is 0 Å². The number of hydrogen-bond donors (Lipinski definition) is 1. The highest BCUT2D eigenvalue weighted by atomic mass is 32.2. The van der Waals surface area contributed by atoms with Crippen molar-refractivity contribution in [2.75, 3.05) is 12.3 Å². The Kier molecular flexibility index (Phi) is 4.39. The molecule has 1 saturated carbocycles. The van der Waals surface area contributed by atoms with Crippen LogP contribution in [0.4, 0.5) is 0 Å². The van der Waals surface area contributed by atoms with Gasteiger partial charge in [-0.15, -0.1) is 0 Å². The first-order valence-electron chi connectivity index (χ1n) is 6.62. The highest BCUT2D eigenvalue weighted by molar-refractivity contribution is 8.00. The molecule has 1 aliphatic heterocycles. The molecule has 1 nitrogen and oxygen atoms in total. The fourth-order valence-electron chi connectivity index (χ4n) is 3.16. The number of thioether (sulfide) groups is 1. The first-order valence-corrected chi connectivity index (χ1v) is 7.67. The van der Waals surface area contributed by atoms with E-state index >= 15 is 0 Å². The van der Waals surface area contributed by atoms with Gasteiger partial charge in [0, 0.05) is 17.8 Å². The van der Waals surface area contributed by atoms with Crippen molar-refractivity contribution < 1.29 is 0 Å². The van der Waals surface area contributed by atoms with Crippen LogP contribution in [-0.2, 0) is 0 Å². The summed E-state index contributed by atoms with van der Waals surface area (Å²) >= 11 is 2.17. The molecule has 0 amide bonds. The molecule has 1 N–H and O–H groups in total. The first-order chi connectivity index (χ1) is 7.27.